The molecule has 7 heteroatoms. The number of pyridine rings is 1. The second-order valence-electron chi connectivity index (χ2n) is 9.28. The van der Waals surface area contributed by atoms with E-state index in [0.29, 0.717) is 12.0 Å². The average Bonchev–Trinajstić information content (AvgIpc) is 3.23. The normalized spacial score (nSPS) is 18.5. The highest BCUT2D eigenvalue weighted by Gasteiger charge is 2.40. The second kappa shape index (κ2) is 8.37. The van der Waals surface area contributed by atoms with E-state index in [1.54, 1.807) is 12.5 Å². The summed E-state index contributed by atoms with van der Waals surface area (Å²) >= 11 is 0. The second-order valence-corrected chi connectivity index (χ2v) is 9.28. The first-order valence-electron chi connectivity index (χ1n) is 11.4. The van der Waals surface area contributed by atoms with Gasteiger partial charge in [0.2, 0.25) is 5.91 Å². The molecule has 7 nitrogen and oxygen atoms in total. The molecule has 166 valence electrons. The third kappa shape index (κ3) is 3.99. The summed E-state index contributed by atoms with van der Waals surface area (Å²) in [6.07, 6.45) is 7.85. The van der Waals surface area contributed by atoms with E-state index in [4.69, 9.17) is 0 Å². The number of hydrogen-bond donors (Lipinski definition) is 0. The van der Waals surface area contributed by atoms with Gasteiger partial charge in [-0.25, -0.2) is 9.97 Å². The molecule has 0 bridgehead atoms. The van der Waals surface area contributed by atoms with Crippen LogP contribution in [0.3, 0.4) is 0 Å². The maximum Gasteiger partial charge on any atom is 0.255 e. The van der Waals surface area contributed by atoms with E-state index in [-0.39, 0.29) is 17.2 Å². The van der Waals surface area contributed by atoms with Crippen LogP contribution < -0.4 is 0 Å². The van der Waals surface area contributed by atoms with Gasteiger partial charge in [-0.15, -0.1) is 0 Å². The number of benzene rings is 1. The first-order chi connectivity index (χ1) is 15.5. The zero-order valence-corrected chi connectivity index (χ0v) is 18.5. The highest BCUT2D eigenvalue weighted by molar-refractivity contribution is 5.96. The van der Waals surface area contributed by atoms with E-state index >= 15 is 0 Å². The SMILES string of the molecule is CN1CC2(CCC1=O)CCN(C(=O)c1cnc3c(c1)ncn3CCc1ccccc1)CC2. The molecule has 0 radical (unpaired) electrons. The maximum absolute atomic E-state index is 13.1. The van der Waals surface area contributed by atoms with Crippen molar-refractivity contribution in [2.75, 3.05) is 26.7 Å². The fourth-order valence-electron chi connectivity index (χ4n) is 5.13. The van der Waals surface area contributed by atoms with E-state index < -0.39 is 0 Å². The van der Waals surface area contributed by atoms with Crippen molar-refractivity contribution < 1.29 is 9.59 Å². The topological polar surface area (TPSA) is 71.3 Å². The molecule has 2 fully saturated rings. The van der Waals surface area contributed by atoms with Crippen molar-refractivity contribution in [1.82, 2.24) is 24.3 Å². The Kier molecular flexibility index (Phi) is 5.41. The third-order valence-corrected chi connectivity index (χ3v) is 7.17. The van der Waals surface area contributed by atoms with Crippen LogP contribution in [0.5, 0.6) is 0 Å². The van der Waals surface area contributed by atoms with Crippen LogP contribution in [0, 0.1) is 5.41 Å². The molecule has 0 unspecified atom stereocenters. The van der Waals surface area contributed by atoms with Crippen molar-refractivity contribution in [3.8, 4) is 0 Å². The molecule has 4 heterocycles. The first-order valence-corrected chi connectivity index (χ1v) is 11.4. The Bertz CT molecular complexity index is 1130. The van der Waals surface area contributed by atoms with Gasteiger partial charge in [0, 0.05) is 45.8 Å². The van der Waals surface area contributed by atoms with E-state index in [0.717, 1.165) is 63.0 Å². The number of nitrogens with zero attached hydrogens (tertiary/aromatic N) is 5. The van der Waals surface area contributed by atoms with Gasteiger partial charge in [0.25, 0.3) is 5.91 Å². The molecule has 0 aliphatic carbocycles. The molecule has 1 aromatic carbocycles. The van der Waals surface area contributed by atoms with Crippen LogP contribution in [-0.4, -0.2) is 62.8 Å². The summed E-state index contributed by atoms with van der Waals surface area (Å²) in [4.78, 5) is 37.8. The zero-order chi connectivity index (χ0) is 22.1. The summed E-state index contributed by atoms with van der Waals surface area (Å²) in [5, 5.41) is 0. The van der Waals surface area contributed by atoms with Crippen LogP contribution in [0.15, 0.2) is 48.9 Å². The number of piperidine rings is 2. The summed E-state index contributed by atoms with van der Waals surface area (Å²) < 4.78 is 2.04. The number of amides is 2. The molecule has 3 aromatic rings. The number of aryl methyl sites for hydroxylation is 2. The van der Waals surface area contributed by atoms with Crippen LogP contribution >= 0.6 is 0 Å². The summed E-state index contributed by atoms with van der Waals surface area (Å²) in [6, 6.07) is 12.2. The Morgan fingerprint density at radius 2 is 1.88 bits per heavy atom. The Labute approximate surface area is 188 Å². The minimum Gasteiger partial charge on any atom is -0.345 e. The van der Waals surface area contributed by atoms with Gasteiger partial charge in [-0.3, -0.25) is 9.59 Å². The Morgan fingerprint density at radius 3 is 2.62 bits per heavy atom. The van der Waals surface area contributed by atoms with Gasteiger partial charge in [0.15, 0.2) is 5.65 Å². The fraction of sp³-hybridized carbons (Fsp3) is 0.440. The predicted molar refractivity (Wildman–Crippen MR) is 122 cm³/mol. The fourth-order valence-corrected chi connectivity index (χ4v) is 5.13. The first kappa shape index (κ1) is 20.7. The molecule has 5 rings (SSSR count). The monoisotopic (exact) mass is 431 g/mol. The third-order valence-electron chi connectivity index (χ3n) is 7.17. The van der Waals surface area contributed by atoms with E-state index in [2.05, 4.69) is 22.1 Å². The molecular weight excluding hydrogens is 402 g/mol. The van der Waals surface area contributed by atoms with Crippen molar-refractivity contribution in [3.05, 3.63) is 60.0 Å². The summed E-state index contributed by atoms with van der Waals surface area (Å²) in [5.74, 6) is 0.255. The van der Waals surface area contributed by atoms with Gasteiger partial charge in [-0.05, 0) is 42.7 Å². The maximum atomic E-state index is 13.1. The van der Waals surface area contributed by atoms with Crippen molar-refractivity contribution in [2.24, 2.45) is 5.41 Å². The zero-order valence-electron chi connectivity index (χ0n) is 18.5. The van der Waals surface area contributed by atoms with Crippen LogP contribution in [-0.2, 0) is 17.8 Å². The molecule has 0 N–H and O–H groups in total. The number of likely N-dealkylation sites (tertiary alicyclic amines) is 2. The molecule has 0 atom stereocenters. The van der Waals surface area contributed by atoms with Crippen LogP contribution in [0.4, 0.5) is 0 Å². The van der Waals surface area contributed by atoms with Crippen molar-refractivity contribution in [3.63, 3.8) is 0 Å². The van der Waals surface area contributed by atoms with E-state index in [1.165, 1.54) is 5.56 Å². The molecule has 2 saturated heterocycles. The lowest BCUT2D eigenvalue weighted by molar-refractivity contribution is -0.137. The highest BCUT2D eigenvalue weighted by Crippen LogP contribution is 2.40. The molecule has 2 aliphatic heterocycles. The molecule has 32 heavy (non-hydrogen) atoms. The van der Waals surface area contributed by atoms with E-state index in [1.807, 2.05) is 45.7 Å². The summed E-state index contributed by atoms with van der Waals surface area (Å²) in [6.45, 7) is 3.06. The molecule has 2 aliphatic rings. The van der Waals surface area contributed by atoms with Gasteiger partial charge >= 0.3 is 0 Å². The average molecular weight is 432 g/mol. The highest BCUT2D eigenvalue weighted by atomic mass is 16.2. The minimum absolute atomic E-state index is 0.0216. The molecular formula is C25H29N5O2. The lowest BCUT2D eigenvalue weighted by Crippen LogP contribution is -2.51. The number of fused-ring (bicyclic) bond motifs is 1. The van der Waals surface area contributed by atoms with Crippen molar-refractivity contribution in [2.45, 2.75) is 38.6 Å². The predicted octanol–water partition coefficient (Wildman–Crippen LogP) is 3.15. The van der Waals surface area contributed by atoms with Gasteiger partial charge < -0.3 is 14.4 Å². The van der Waals surface area contributed by atoms with Gasteiger partial charge in [-0.2, -0.15) is 0 Å². The van der Waals surface area contributed by atoms with Gasteiger partial charge in [-0.1, -0.05) is 30.3 Å². The van der Waals surface area contributed by atoms with Crippen molar-refractivity contribution in [1.29, 1.82) is 0 Å². The van der Waals surface area contributed by atoms with Crippen molar-refractivity contribution >= 4 is 23.0 Å². The standard InChI is InChI=1S/C25H29N5O2/c1-28-17-25(9-7-22(28)31)10-13-29(14-11-25)24(32)20-15-21-23(26-16-20)30(18-27-21)12-8-19-5-3-2-4-6-19/h2-6,15-16,18H,7-14,17H2,1H3. The van der Waals surface area contributed by atoms with Gasteiger partial charge in [0.05, 0.1) is 11.9 Å². The number of carbonyl (C=O) groups excluding carboxylic acids is 2. The number of rotatable bonds is 4. The lowest BCUT2D eigenvalue weighted by atomic mass is 9.72. The Balaban J connectivity index is 1.24. The molecule has 2 aromatic heterocycles. The number of aromatic nitrogens is 3. The Hall–Kier alpha value is -3.22. The molecule has 1 spiro atoms. The smallest absolute Gasteiger partial charge is 0.255 e. The van der Waals surface area contributed by atoms with Gasteiger partial charge in [0.1, 0.15) is 5.52 Å². The summed E-state index contributed by atoms with van der Waals surface area (Å²) in [5.41, 5.74) is 3.60. The number of carbonyl (C=O) groups is 2. The molecule has 0 saturated carbocycles. The Morgan fingerprint density at radius 1 is 1.09 bits per heavy atom. The number of hydrogen-bond acceptors (Lipinski definition) is 4. The van der Waals surface area contributed by atoms with E-state index in [9.17, 15) is 9.59 Å². The largest absolute Gasteiger partial charge is 0.345 e. The molecule has 2 amide bonds. The van der Waals surface area contributed by atoms with Crippen LogP contribution in [0.2, 0.25) is 0 Å². The minimum atomic E-state index is 0.0216. The lowest BCUT2D eigenvalue weighted by Gasteiger charge is -2.46. The quantitative estimate of drug-likeness (QED) is 0.636. The summed E-state index contributed by atoms with van der Waals surface area (Å²) in [7, 11) is 1.89. The van der Waals surface area contributed by atoms with Crippen LogP contribution in [0.1, 0.15) is 41.6 Å². The van der Waals surface area contributed by atoms with Crippen LogP contribution in [0.25, 0.3) is 11.2 Å². The number of imidazole rings is 1.